The molecule has 0 aromatic heterocycles. The summed E-state index contributed by atoms with van der Waals surface area (Å²) in [5, 5.41) is 0. The molecule has 0 saturated heterocycles. The fourth-order valence-corrected chi connectivity index (χ4v) is 2.35. The van der Waals surface area contributed by atoms with Crippen LogP contribution in [0.2, 0.25) is 0 Å². The van der Waals surface area contributed by atoms with Gasteiger partial charge in [0, 0.05) is 5.54 Å². The fraction of sp³-hybridized carbons (Fsp3) is 0.571. The molecule has 1 aromatic rings. The van der Waals surface area contributed by atoms with Crippen LogP contribution in [0.5, 0.6) is 0 Å². The summed E-state index contributed by atoms with van der Waals surface area (Å²) in [6.45, 7) is 1.38. The first-order valence-electron chi connectivity index (χ1n) is 6.19. The third-order valence-electron chi connectivity index (χ3n) is 3.35. The zero-order chi connectivity index (χ0) is 11.3. The highest BCUT2D eigenvalue weighted by Gasteiger charge is 2.27. The smallest absolute Gasteiger partial charge is 0.0717 e. The maximum Gasteiger partial charge on any atom is 0.0717 e. The van der Waals surface area contributed by atoms with Gasteiger partial charge < -0.3 is 10.5 Å². The van der Waals surface area contributed by atoms with Gasteiger partial charge in [0.25, 0.3) is 0 Å². The van der Waals surface area contributed by atoms with E-state index in [0.29, 0.717) is 13.2 Å². The van der Waals surface area contributed by atoms with E-state index in [9.17, 15) is 0 Å². The second kappa shape index (κ2) is 5.46. The molecule has 0 unspecified atom stereocenters. The van der Waals surface area contributed by atoms with Gasteiger partial charge in [-0.25, -0.2) is 0 Å². The number of hydrogen-bond donors (Lipinski definition) is 1. The normalized spacial score (nSPS) is 19.6. The first-order chi connectivity index (χ1) is 7.79. The number of rotatable bonds is 4. The van der Waals surface area contributed by atoms with Crippen molar-refractivity contribution in [1.82, 2.24) is 0 Å². The molecule has 1 aliphatic carbocycles. The standard InChI is InChI=1S/C14H21NO/c15-14(9-5-2-6-10-14)12-16-11-13-7-3-1-4-8-13/h1,3-4,7-8H,2,5-6,9-12,15H2. The third-order valence-corrected chi connectivity index (χ3v) is 3.35. The molecule has 0 radical (unpaired) electrons. The summed E-state index contributed by atoms with van der Waals surface area (Å²) in [6.07, 6.45) is 6.07. The molecule has 16 heavy (non-hydrogen) atoms. The predicted molar refractivity (Wildman–Crippen MR) is 66.1 cm³/mol. The summed E-state index contributed by atoms with van der Waals surface area (Å²) < 4.78 is 5.74. The van der Waals surface area contributed by atoms with Crippen molar-refractivity contribution in [3.05, 3.63) is 35.9 Å². The molecular formula is C14H21NO. The van der Waals surface area contributed by atoms with Crippen molar-refractivity contribution in [2.45, 2.75) is 44.2 Å². The molecule has 0 atom stereocenters. The lowest BCUT2D eigenvalue weighted by atomic mass is 9.83. The van der Waals surface area contributed by atoms with Crippen molar-refractivity contribution >= 4 is 0 Å². The fourth-order valence-electron chi connectivity index (χ4n) is 2.35. The molecule has 0 aliphatic heterocycles. The average molecular weight is 219 g/mol. The summed E-state index contributed by atoms with van der Waals surface area (Å²) in [5.41, 5.74) is 7.46. The Bertz CT molecular complexity index is 304. The van der Waals surface area contributed by atoms with Gasteiger partial charge in [-0.05, 0) is 18.4 Å². The summed E-state index contributed by atoms with van der Waals surface area (Å²) in [5.74, 6) is 0. The molecule has 0 bridgehead atoms. The van der Waals surface area contributed by atoms with Gasteiger partial charge in [0.05, 0.1) is 13.2 Å². The number of benzene rings is 1. The monoisotopic (exact) mass is 219 g/mol. The molecule has 2 heteroatoms. The van der Waals surface area contributed by atoms with E-state index in [1.54, 1.807) is 0 Å². The first kappa shape index (κ1) is 11.6. The Balaban J connectivity index is 1.75. The molecule has 2 N–H and O–H groups in total. The van der Waals surface area contributed by atoms with Crippen LogP contribution in [0.15, 0.2) is 30.3 Å². The molecule has 2 nitrogen and oxygen atoms in total. The van der Waals surface area contributed by atoms with Gasteiger partial charge >= 0.3 is 0 Å². The summed E-state index contributed by atoms with van der Waals surface area (Å²) in [4.78, 5) is 0. The highest BCUT2D eigenvalue weighted by Crippen LogP contribution is 2.26. The summed E-state index contributed by atoms with van der Waals surface area (Å²) in [7, 11) is 0. The van der Waals surface area contributed by atoms with Gasteiger partial charge in [0.1, 0.15) is 0 Å². The minimum atomic E-state index is -0.0625. The Hall–Kier alpha value is -0.860. The van der Waals surface area contributed by atoms with Crippen LogP contribution in [-0.4, -0.2) is 12.1 Å². The van der Waals surface area contributed by atoms with Gasteiger partial charge in [-0.15, -0.1) is 0 Å². The van der Waals surface area contributed by atoms with Crippen LogP contribution < -0.4 is 5.73 Å². The third kappa shape index (κ3) is 3.32. The Morgan fingerprint density at radius 3 is 2.44 bits per heavy atom. The lowest BCUT2D eigenvalue weighted by Crippen LogP contribution is -2.46. The van der Waals surface area contributed by atoms with E-state index >= 15 is 0 Å². The second-order valence-corrected chi connectivity index (χ2v) is 4.90. The second-order valence-electron chi connectivity index (χ2n) is 4.90. The van der Waals surface area contributed by atoms with E-state index in [2.05, 4.69) is 12.1 Å². The van der Waals surface area contributed by atoms with Gasteiger partial charge in [-0.3, -0.25) is 0 Å². The Morgan fingerprint density at radius 1 is 1.06 bits per heavy atom. The molecule has 0 heterocycles. The molecule has 1 fully saturated rings. The van der Waals surface area contributed by atoms with Crippen molar-refractivity contribution in [2.75, 3.05) is 6.61 Å². The van der Waals surface area contributed by atoms with E-state index in [0.717, 1.165) is 12.8 Å². The van der Waals surface area contributed by atoms with Crippen LogP contribution in [0.25, 0.3) is 0 Å². The Morgan fingerprint density at radius 2 is 1.75 bits per heavy atom. The molecule has 1 saturated carbocycles. The van der Waals surface area contributed by atoms with Crippen LogP contribution >= 0.6 is 0 Å². The largest absolute Gasteiger partial charge is 0.375 e. The number of nitrogens with two attached hydrogens (primary N) is 1. The van der Waals surface area contributed by atoms with E-state index in [4.69, 9.17) is 10.5 Å². The minimum absolute atomic E-state index is 0.0625. The molecule has 1 aliphatic rings. The Kier molecular flexibility index (Phi) is 3.97. The maximum absolute atomic E-state index is 6.30. The molecule has 2 rings (SSSR count). The first-order valence-corrected chi connectivity index (χ1v) is 6.19. The van der Waals surface area contributed by atoms with E-state index < -0.39 is 0 Å². The van der Waals surface area contributed by atoms with Crippen LogP contribution in [0, 0.1) is 0 Å². The Labute approximate surface area is 97.8 Å². The lowest BCUT2D eigenvalue weighted by Gasteiger charge is -2.33. The van der Waals surface area contributed by atoms with Gasteiger partial charge in [-0.1, -0.05) is 49.6 Å². The highest BCUT2D eigenvalue weighted by molar-refractivity contribution is 5.13. The average Bonchev–Trinajstić information content (AvgIpc) is 2.31. The highest BCUT2D eigenvalue weighted by atomic mass is 16.5. The van der Waals surface area contributed by atoms with Crippen LogP contribution in [0.3, 0.4) is 0 Å². The summed E-state index contributed by atoms with van der Waals surface area (Å²) >= 11 is 0. The van der Waals surface area contributed by atoms with Crippen molar-refractivity contribution in [3.8, 4) is 0 Å². The van der Waals surface area contributed by atoms with Crippen molar-refractivity contribution in [3.63, 3.8) is 0 Å². The van der Waals surface area contributed by atoms with E-state index in [-0.39, 0.29) is 5.54 Å². The van der Waals surface area contributed by atoms with E-state index in [1.807, 2.05) is 18.2 Å². The van der Waals surface area contributed by atoms with Crippen LogP contribution in [0.4, 0.5) is 0 Å². The number of ether oxygens (including phenoxy) is 1. The molecule has 1 aromatic carbocycles. The zero-order valence-corrected chi connectivity index (χ0v) is 9.82. The molecular weight excluding hydrogens is 198 g/mol. The molecule has 0 amide bonds. The summed E-state index contributed by atoms with van der Waals surface area (Å²) in [6, 6.07) is 10.3. The SMILES string of the molecule is NC1(COCc2ccccc2)CCCCC1. The number of hydrogen-bond acceptors (Lipinski definition) is 2. The van der Waals surface area contributed by atoms with E-state index in [1.165, 1.54) is 24.8 Å². The quantitative estimate of drug-likeness (QED) is 0.845. The zero-order valence-electron chi connectivity index (χ0n) is 9.82. The van der Waals surface area contributed by atoms with Gasteiger partial charge in [-0.2, -0.15) is 0 Å². The van der Waals surface area contributed by atoms with Gasteiger partial charge in [0.2, 0.25) is 0 Å². The minimum Gasteiger partial charge on any atom is -0.375 e. The molecule has 0 spiro atoms. The predicted octanol–water partition coefficient (Wildman–Crippen LogP) is 2.86. The van der Waals surface area contributed by atoms with Crippen molar-refractivity contribution in [2.24, 2.45) is 5.73 Å². The van der Waals surface area contributed by atoms with Gasteiger partial charge in [0.15, 0.2) is 0 Å². The topological polar surface area (TPSA) is 35.2 Å². The molecule has 88 valence electrons. The van der Waals surface area contributed by atoms with Crippen molar-refractivity contribution < 1.29 is 4.74 Å². The maximum atomic E-state index is 6.30. The lowest BCUT2D eigenvalue weighted by molar-refractivity contribution is 0.0575. The van der Waals surface area contributed by atoms with Crippen LogP contribution in [0.1, 0.15) is 37.7 Å². The van der Waals surface area contributed by atoms with Crippen molar-refractivity contribution in [1.29, 1.82) is 0 Å². The van der Waals surface area contributed by atoms with Crippen LogP contribution in [-0.2, 0) is 11.3 Å².